The smallest absolute Gasteiger partial charge is 0.416 e. The third kappa shape index (κ3) is 7.07. The predicted molar refractivity (Wildman–Crippen MR) is 125 cm³/mol. The molecule has 7 nitrogen and oxygen atoms in total. The number of hydrazone groups is 1. The van der Waals surface area contributed by atoms with Crippen molar-refractivity contribution in [1.29, 1.82) is 0 Å². The number of benzene rings is 2. The first-order valence-corrected chi connectivity index (χ1v) is 10.8. The molecule has 0 fully saturated rings. The lowest BCUT2D eigenvalue weighted by atomic mass is 10.2. The minimum absolute atomic E-state index is 0.0459. The first kappa shape index (κ1) is 24.8. The molecule has 3 rings (SSSR count). The van der Waals surface area contributed by atoms with Crippen LogP contribution in [0.2, 0.25) is 0 Å². The molecule has 3 aromatic rings. The van der Waals surface area contributed by atoms with Gasteiger partial charge in [-0.05, 0) is 42.0 Å². The van der Waals surface area contributed by atoms with Crippen molar-refractivity contribution >= 4 is 34.3 Å². The number of carbonyl (C=O) groups excluding carboxylic acids is 1. The van der Waals surface area contributed by atoms with Gasteiger partial charge >= 0.3 is 6.18 Å². The molecule has 1 aromatic heterocycles. The second-order valence-electron chi connectivity index (χ2n) is 6.83. The highest BCUT2D eigenvalue weighted by molar-refractivity contribution is 7.13. The normalized spacial score (nSPS) is 11.3. The molecule has 2 N–H and O–H groups in total. The molecule has 0 unspecified atom stereocenters. The molecule has 11 heteroatoms. The Morgan fingerprint density at radius 3 is 2.79 bits per heavy atom. The standard InChI is InChI=1S/C23H21F3N4O3S/c1-3-9-33-19-8-7-15(10-20(19)32-2)13-27-30-21(31)12-18-14-34-22(29-18)28-17-6-4-5-16(11-17)23(24,25)26/h3-8,10-11,13-14H,1,9,12H2,2H3,(H,28,29)(H,30,31). The highest BCUT2D eigenvalue weighted by Crippen LogP contribution is 2.32. The van der Waals surface area contributed by atoms with E-state index in [-0.39, 0.29) is 12.1 Å². The molecular weight excluding hydrogens is 469 g/mol. The summed E-state index contributed by atoms with van der Waals surface area (Å²) in [4.78, 5) is 16.4. The van der Waals surface area contributed by atoms with Crippen LogP contribution in [-0.2, 0) is 17.4 Å². The van der Waals surface area contributed by atoms with Crippen molar-refractivity contribution in [3.8, 4) is 11.5 Å². The van der Waals surface area contributed by atoms with E-state index in [1.165, 1.54) is 36.8 Å². The molecule has 0 bridgehead atoms. The number of amides is 1. The molecule has 0 saturated carbocycles. The van der Waals surface area contributed by atoms with Crippen LogP contribution in [0.4, 0.5) is 24.0 Å². The number of nitrogens with one attached hydrogen (secondary N) is 2. The van der Waals surface area contributed by atoms with Crippen LogP contribution in [0.25, 0.3) is 0 Å². The maximum Gasteiger partial charge on any atom is 0.416 e. The zero-order valence-electron chi connectivity index (χ0n) is 18.1. The molecule has 0 atom stereocenters. The van der Waals surface area contributed by atoms with E-state index < -0.39 is 17.6 Å². The van der Waals surface area contributed by atoms with E-state index in [0.717, 1.165) is 12.1 Å². The van der Waals surface area contributed by atoms with Crippen molar-refractivity contribution in [2.75, 3.05) is 19.0 Å². The highest BCUT2D eigenvalue weighted by Gasteiger charge is 2.30. The number of methoxy groups -OCH3 is 1. The summed E-state index contributed by atoms with van der Waals surface area (Å²) in [5.41, 5.74) is 3.04. The number of ether oxygens (including phenoxy) is 2. The van der Waals surface area contributed by atoms with Gasteiger partial charge in [-0.15, -0.1) is 11.3 Å². The summed E-state index contributed by atoms with van der Waals surface area (Å²) in [5.74, 6) is 0.673. The van der Waals surface area contributed by atoms with Crippen LogP contribution in [0.5, 0.6) is 11.5 Å². The molecule has 1 amide bonds. The van der Waals surface area contributed by atoms with Crippen LogP contribution in [0, 0.1) is 0 Å². The number of hydrogen-bond donors (Lipinski definition) is 2. The number of rotatable bonds is 10. The first-order valence-electron chi connectivity index (χ1n) is 9.91. The van der Waals surface area contributed by atoms with Gasteiger partial charge < -0.3 is 14.8 Å². The molecule has 178 valence electrons. The maximum absolute atomic E-state index is 12.9. The molecule has 0 aliphatic rings. The Hall–Kier alpha value is -3.86. The quantitative estimate of drug-likeness (QED) is 0.233. The van der Waals surface area contributed by atoms with Gasteiger partial charge in [0.15, 0.2) is 16.6 Å². The van der Waals surface area contributed by atoms with Crippen LogP contribution in [-0.4, -0.2) is 30.8 Å². The number of anilines is 2. The molecule has 0 aliphatic heterocycles. The first-order chi connectivity index (χ1) is 16.3. The summed E-state index contributed by atoms with van der Waals surface area (Å²) in [6.07, 6.45) is -1.40. The molecule has 1 heterocycles. The molecular formula is C23H21F3N4O3S. The summed E-state index contributed by atoms with van der Waals surface area (Å²) in [5, 5.41) is 8.77. The SMILES string of the molecule is C=CCOc1ccc(C=NNC(=O)Cc2csc(Nc3cccc(C(F)(F)F)c3)n2)cc1OC. The van der Waals surface area contributed by atoms with E-state index in [1.807, 2.05) is 0 Å². The molecule has 34 heavy (non-hydrogen) atoms. The Labute approximate surface area is 197 Å². The monoisotopic (exact) mass is 490 g/mol. The number of nitrogens with zero attached hydrogens (tertiary/aromatic N) is 2. The lowest BCUT2D eigenvalue weighted by Gasteiger charge is -2.09. The van der Waals surface area contributed by atoms with Crippen LogP contribution in [0.3, 0.4) is 0 Å². The van der Waals surface area contributed by atoms with Gasteiger partial charge in [0.05, 0.1) is 31.0 Å². The summed E-state index contributed by atoms with van der Waals surface area (Å²) >= 11 is 1.18. The van der Waals surface area contributed by atoms with Crippen molar-refractivity contribution in [3.05, 3.63) is 77.3 Å². The van der Waals surface area contributed by atoms with E-state index in [9.17, 15) is 18.0 Å². The van der Waals surface area contributed by atoms with Gasteiger partial charge in [-0.25, -0.2) is 10.4 Å². The Balaban J connectivity index is 1.54. The van der Waals surface area contributed by atoms with Gasteiger partial charge in [0.25, 0.3) is 0 Å². The zero-order chi connectivity index (χ0) is 24.6. The van der Waals surface area contributed by atoms with Gasteiger partial charge in [0.1, 0.15) is 6.61 Å². The largest absolute Gasteiger partial charge is 0.493 e. The Morgan fingerprint density at radius 1 is 1.24 bits per heavy atom. The number of carbonyl (C=O) groups is 1. The fourth-order valence-electron chi connectivity index (χ4n) is 2.76. The minimum atomic E-state index is -4.43. The van der Waals surface area contributed by atoms with Crippen LogP contribution in [0.15, 0.2) is 65.6 Å². The minimum Gasteiger partial charge on any atom is -0.493 e. The predicted octanol–water partition coefficient (Wildman–Crippen LogP) is 5.17. The van der Waals surface area contributed by atoms with E-state index >= 15 is 0 Å². The molecule has 0 spiro atoms. The average Bonchev–Trinajstić information content (AvgIpc) is 3.24. The second-order valence-corrected chi connectivity index (χ2v) is 7.69. The lowest BCUT2D eigenvalue weighted by Crippen LogP contribution is -2.19. The van der Waals surface area contributed by atoms with Gasteiger partial charge in [0.2, 0.25) is 5.91 Å². The zero-order valence-corrected chi connectivity index (χ0v) is 18.9. The molecule has 0 radical (unpaired) electrons. The molecule has 0 saturated heterocycles. The van der Waals surface area contributed by atoms with Crippen molar-refractivity contribution in [1.82, 2.24) is 10.4 Å². The van der Waals surface area contributed by atoms with Crippen LogP contribution in [0.1, 0.15) is 16.8 Å². The van der Waals surface area contributed by atoms with E-state index in [4.69, 9.17) is 9.47 Å². The van der Waals surface area contributed by atoms with E-state index in [2.05, 4.69) is 27.4 Å². The van der Waals surface area contributed by atoms with E-state index in [1.54, 1.807) is 29.7 Å². The van der Waals surface area contributed by atoms with Crippen LogP contribution < -0.4 is 20.2 Å². The van der Waals surface area contributed by atoms with Crippen molar-refractivity contribution in [3.63, 3.8) is 0 Å². The number of hydrogen-bond acceptors (Lipinski definition) is 7. The number of halogens is 3. The summed E-state index contributed by atoms with van der Waals surface area (Å²) in [6.45, 7) is 3.94. The fourth-order valence-corrected chi connectivity index (χ4v) is 3.49. The number of thiazole rings is 1. The average molecular weight is 491 g/mol. The Kier molecular flexibility index (Phi) is 8.25. The van der Waals surface area contributed by atoms with Crippen LogP contribution >= 0.6 is 11.3 Å². The van der Waals surface area contributed by atoms with E-state index in [0.29, 0.717) is 34.5 Å². The summed E-state index contributed by atoms with van der Waals surface area (Å²) in [7, 11) is 1.52. The summed E-state index contributed by atoms with van der Waals surface area (Å²) < 4.78 is 49.3. The third-order valence-electron chi connectivity index (χ3n) is 4.28. The number of alkyl halides is 3. The maximum atomic E-state index is 12.9. The molecule has 0 aliphatic carbocycles. The van der Waals surface area contributed by atoms with Gasteiger partial charge in [0, 0.05) is 11.1 Å². The Bertz CT molecular complexity index is 1180. The topological polar surface area (TPSA) is 84.8 Å². The Morgan fingerprint density at radius 2 is 2.06 bits per heavy atom. The third-order valence-corrected chi connectivity index (χ3v) is 5.09. The van der Waals surface area contributed by atoms with Crippen molar-refractivity contribution in [2.24, 2.45) is 5.10 Å². The highest BCUT2D eigenvalue weighted by atomic mass is 32.1. The lowest BCUT2D eigenvalue weighted by molar-refractivity contribution is -0.137. The molecule has 2 aromatic carbocycles. The fraction of sp³-hybridized carbons (Fsp3) is 0.174. The van der Waals surface area contributed by atoms with Crippen molar-refractivity contribution in [2.45, 2.75) is 12.6 Å². The second kappa shape index (κ2) is 11.3. The van der Waals surface area contributed by atoms with Gasteiger partial charge in [-0.1, -0.05) is 18.7 Å². The van der Waals surface area contributed by atoms with Gasteiger partial charge in [-0.2, -0.15) is 18.3 Å². The van der Waals surface area contributed by atoms with Gasteiger partial charge in [-0.3, -0.25) is 4.79 Å². The number of aromatic nitrogens is 1. The van der Waals surface area contributed by atoms with Crippen molar-refractivity contribution < 1.29 is 27.4 Å². The summed E-state index contributed by atoms with van der Waals surface area (Å²) in [6, 6.07) is 9.98.